The van der Waals surface area contributed by atoms with Gasteiger partial charge >= 0.3 is 0 Å². The van der Waals surface area contributed by atoms with Crippen LogP contribution in [0.1, 0.15) is 5.69 Å². The van der Waals surface area contributed by atoms with Crippen molar-refractivity contribution < 1.29 is 5.11 Å². The number of rotatable bonds is 3. The van der Waals surface area contributed by atoms with Gasteiger partial charge in [-0.15, -0.1) is 4.91 Å². The van der Waals surface area contributed by atoms with Crippen LogP contribution in [-0.2, 0) is 6.61 Å². The molecule has 16 heavy (non-hydrogen) atoms. The van der Waals surface area contributed by atoms with Crippen molar-refractivity contribution in [3.63, 3.8) is 0 Å². The van der Waals surface area contributed by atoms with Crippen LogP contribution in [0.5, 0.6) is 0 Å². The van der Waals surface area contributed by atoms with Crippen LogP contribution in [-0.4, -0.2) is 10.1 Å². The number of pyridine rings is 1. The van der Waals surface area contributed by atoms with Crippen LogP contribution < -0.4 is 0 Å². The summed E-state index contributed by atoms with van der Waals surface area (Å²) in [7, 11) is 0. The van der Waals surface area contributed by atoms with Gasteiger partial charge in [-0.1, -0.05) is 24.3 Å². The number of nitrogens with zero attached hydrogens (tertiary/aromatic N) is 2. The fraction of sp³-hybridized carbons (Fsp3) is 0.0833. The second-order valence-corrected chi connectivity index (χ2v) is 3.28. The molecule has 0 unspecified atom stereocenters. The van der Waals surface area contributed by atoms with Gasteiger partial charge in [0.15, 0.2) is 0 Å². The number of aromatic nitrogens is 1. The van der Waals surface area contributed by atoms with Crippen molar-refractivity contribution in [3.8, 4) is 11.3 Å². The summed E-state index contributed by atoms with van der Waals surface area (Å²) in [6.45, 7) is -0.121. The van der Waals surface area contributed by atoms with Crippen LogP contribution in [0, 0.1) is 4.91 Å². The van der Waals surface area contributed by atoms with E-state index in [0.29, 0.717) is 22.6 Å². The van der Waals surface area contributed by atoms with Crippen molar-refractivity contribution in [3.05, 3.63) is 53.1 Å². The van der Waals surface area contributed by atoms with Crippen molar-refractivity contribution in [2.75, 3.05) is 0 Å². The Hall–Kier alpha value is -2.07. The average Bonchev–Trinajstić information content (AvgIpc) is 2.38. The summed E-state index contributed by atoms with van der Waals surface area (Å²) in [6.07, 6.45) is 0. The van der Waals surface area contributed by atoms with Gasteiger partial charge in [-0.2, -0.15) is 0 Å². The van der Waals surface area contributed by atoms with Crippen LogP contribution in [0.25, 0.3) is 11.3 Å². The molecule has 1 aromatic heterocycles. The van der Waals surface area contributed by atoms with Crippen LogP contribution in [0.4, 0.5) is 5.69 Å². The number of benzene rings is 1. The Labute approximate surface area is 92.6 Å². The van der Waals surface area contributed by atoms with E-state index in [-0.39, 0.29) is 6.61 Å². The molecule has 1 heterocycles. The lowest BCUT2D eigenvalue weighted by atomic mass is 10.1. The number of hydrogen-bond acceptors (Lipinski definition) is 4. The van der Waals surface area contributed by atoms with E-state index in [1.165, 1.54) is 0 Å². The Morgan fingerprint density at radius 2 is 1.94 bits per heavy atom. The molecule has 0 atom stereocenters. The van der Waals surface area contributed by atoms with Crippen molar-refractivity contribution in [1.82, 2.24) is 4.98 Å². The van der Waals surface area contributed by atoms with Crippen molar-refractivity contribution >= 4 is 5.69 Å². The van der Waals surface area contributed by atoms with Crippen molar-refractivity contribution in [2.24, 2.45) is 5.18 Å². The van der Waals surface area contributed by atoms with Gasteiger partial charge in [0.2, 0.25) is 0 Å². The third kappa shape index (κ3) is 1.97. The number of nitroso groups, excluding NO2 is 1. The third-order valence-electron chi connectivity index (χ3n) is 2.25. The molecular weight excluding hydrogens is 204 g/mol. The maximum Gasteiger partial charge on any atom is 0.117 e. The number of hydrogen-bond donors (Lipinski definition) is 1. The van der Waals surface area contributed by atoms with E-state index in [1.807, 2.05) is 6.07 Å². The van der Waals surface area contributed by atoms with Gasteiger partial charge in [0.1, 0.15) is 5.69 Å². The molecule has 0 aliphatic heterocycles. The molecular formula is C12H10N2O2. The lowest BCUT2D eigenvalue weighted by Crippen LogP contribution is -1.91. The Morgan fingerprint density at radius 3 is 2.69 bits per heavy atom. The van der Waals surface area contributed by atoms with E-state index < -0.39 is 0 Å². The van der Waals surface area contributed by atoms with Crippen LogP contribution in [0.2, 0.25) is 0 Å². The maximum absolute atomic E-state index is 10.6. The second kappa shape index (κ2) is 4.63. The zero-order chi connectivity index (χ0) is 11.4. The quantitative estimate of drug-likeness (QED) is 0.799. The Bertz CT molecular complexity index is 512. The highest BCUT2D eigenvalue weighted by atomic mass is 16.3. The van der Waals surface area contributed by atoms with E-state index in [0.717, 1.165) is 0 Å². The summed E-state index contributed by atoms with van der Waals surface area (Å²) < 4.78 is 0. The monoisotopic (exact) mass is 214 g/mol. The highest BCUT2D eigenvalue weighted by Gasteiger charge is 2.06. The minimum atomic E-state index is -0.121. The molecule has 0 spiro atoms. The normalized spacial score (nSPS) is 10.1. The zero-order valence-corrected chi connectivity index (χ0v) is 8.50. The summed E-state index contributed by atoms with van der Waals surface area (Å²) in [6, 6.07) is 12.3. The number of aliphatic hydroxyl groups excluding tert-OH is 1. The molecule has 0 saturated heterocycles. The molecule has 0 amide bonds. The molecule has 80 valence electrons. The standard InChI is InChI=1S/C12H10N2O2/c15-8-9-4-3-7-11(13-9)10-5-1-2-6-12(10)14-16/h1-7,15H,8H2. The molecule has 1 N–H and O–H groups in total. The molecule has 4 nitrogen and oxygen atoms in total. The summed E-state index contributed by atoms with van der Waals surface area (Å²) in [5.41, 5.74) is 2.23. The highest BCUT2D eigenvalue weighted by molar-refractivity contribution is 5.72. The summed E-state index contributed by atoms with van der Waals surface area (Å²) in [5, 5.41) is 11.9. The third-order valence-corrected chi connectivity index (χ3v) is 2.25. The molecule has 0 aliphatic rings. The van der Waals surface area contributed by atoms with Crippen LogP contribution in [0.3, 0.4) is 0 Å². The first-order chi connectivity index (χ1) is 7.85. The predicted octanol–water partition coefficient (Wildman–Crippen LogP) is 2.64. The fourth-order valence-electron chi connectivity index (χ4n) is 1.49. The maximum atomic E-state index is 10.6. The van der Waals surface area contributed by atoms with Gasteiger partial charge in [-0.05, 0) is 23.4 Å². The Balaban J connectivity index is 2.53. The minimum Gasteiger partial charge on any atom is -0.390 e. The molecule has 1 aromatic carbocycles. The van der Waals surface area contributed by atoms with Gasteiger partial charge < -0.3 is 5.11 Å². The lowest BCUT2D eigenvalue weighted by Gasteiger charge is -2.04. The van der Waals surface area contributed by atoms with Crippen molar-refractivity contribution in [2.45, 2.75) is 6.61 Å². The molecule has 0 radical (unpaired) electrons. The summed E-state index contributed by atoms with van der Waals surface area (Å²) in [4.78, 5) is 14.8. The van der Waals surface area contributed by atoms with Gasteiger partial charge in [-0.3, -0.25) is 4.98 Å². The molecule has 0 bridgehead atoms. The molecule has 0 aliphatic carbocycles. The second-order valence-electron chi connectivity index (χ2n) is 3.28. The summed E-state index contributed by atoms with van der Waals surface area (Å²) >= 11 is 0. The molecule has 4 heteroatoms. The van der Waals surface area contributed by atoms with E-state index in [9.17, 15) is 4.91 Å². The first kappa shape index (κ1) is 10.4. The molecule has 2 aromatic rings. The van der Waals surface area contributed by atoms with E-state index >= 15 is 0 Å². The van der Waals surface area contributed by atoms with Crippen LogP contribution in [0.15, 0.2) is 47.6 Å². The first-order valence-corrected chi connectivity index (χ1v) is 4.84. The van der Waals surface area contributed by atoms with Gasteiger partial charge in [0, 0.05) is 5.56 Å². The van der Waals surface area contributed by atoms with Gasteiger partial charge in [0.25, 0.3) is 0 Å². The van der Waals surface area contributed by atoms with Gasteiger partial charge in [-0.25, -0.2) is 0 Å². The average molecular weight is 214 g/mol. The molecule has 0 fully saturated rings. The number of aliphatic hydroxyl groups is 1. The Morgan fingerprint density at radius 1 is 1.12 bits per heavy atom. The SMILES string of the molecule is O=Nc1ccccc1-c1cccc(CO)n1. The Kier molecular flexibility index (Phi) is 3.03. The highest BCUT2D eigenvalue weighted by Crippen LogP contribution is 2.28. The van der Waals surface area contributed by atoms with E-state index in [2.05, 4.69) is 10.2 Å². The van der Waals surface area contributed by atoms with E-state index in [1.54, 1.807) is 36.4 Å². The van der Waals surface area contributed by atoms with Crippen LogP contribution >= 0.6 is 0 Å². The first-order valence-electron chi connectivity index (χ1n) is 4.84. The van der Waals surface area contributed by atoms with Crippen molar-refractivity contribution in [1.29, 1.82) is 0 Å². The smallest absolute Gasteiger partial charge is 0.117 e. The zero-order valence-electron chi connectivity index (χ0n) is 8.50. The van der Waals surface area contributed by atoms with E-state index in [4.69, 9.17) is 5.11 Å². The topological polar surface area (TPSA) is 62.5 Å². The predicted molar refractivity (Wildman–Crippen MR) is 61.1 cm³/mol. The summed E-state index contributed by atoms with van der Waals surface area (Å²) in [5.74, 6) is 0. The largest absolute Gasteiger partial charge is 0.390 e. The van der Waals surface area contributed by atoms with Gasteiger partial charge in [0.05, 0.1) is 18.0 Å². The lowest BCUT2D eigenvalue weighted by molar-refractivity contribution is 0.277. The molecule has 2 rings (SSSR count). The fourth-order valence-corrected chi connectivity index (χ4v) is 1.49. The molecule has 0 saturated carbocycles. The minimum absolute atomic E-state index is 0.121.